The average molecular weight is 337 g/mol. The van der Waals surface area contributed by atoms with Crippen LogP contribution in [-0.4, -0.2) is 11.8 Å². The van der Waals surface area contributed by atoms with Crippen LogP contribution in [0.1, 0.15) is 12.0 Å². The summed E-state index contributed by atoms with van der Waals surface area (Å²) in [6.07, 6.45) is -0.273. The third-order valence-electron chi connectivity index (χ3n) is 2.91. The number of rotatable bonds is 4. The number of carbonyl (C=O) groups is 2. The summed E-state index contributed by atoms with van der Waals surface area (Å²) in [5, 5.41) is 6.48. The highest BCUT2D eigenvalue weighted by molar-refractivity contribution is 6.31. The molecule has 0 aliphatic rings. The second kappa shape index (κ2) is 7.29. The van der Waals surface area contributed by atoms with Crippen molar-refractivity contribution in [2.45, 2.75) is 13.3 Å². The van der Waals surface area contributed by atoms with Gasteiger partial charge >= 0.3 is 0 Å². The van der Waals surface area contributed by atoms with Crippen molar-refractivity contribution in [2.75, 3.05) is 10.6 Å². The summed E-state index contributed by atoms with van der Waals surface area (Å²) in [7, 11) is 0. The minimum Gasteiger partial charge on any atom is -0.326 e. The van der Waals surface area contributed by atoms with E-state index in [1.54, 1.807) is 42.5 Å². The molecule has 0 bridgehead atoms. The van der Waals surface area contributed by atoms with Crippen molar-refractivity contribution in [3.63, 3.8) is 0 Å². The van der Waals surface area contributed by atoms with Gasteiger partial charge in [-0.25, -0.2) is 0 Å². The van der Waals surface area contributed by atoms with Crippen LogP contribution in [0.15, 0.2) is 42.5 Å². The largest absolute Gasteiger partial charge is 0.326 e. The molecular formula is C16H14Cl2N2O2. The van der Waals surface area contributed by atoms with E-state index in [0.717, 1.165) is 5.56 Å². The Hall–Kier alpha value is -2.04. The molecule has 0 atom stereocenters. The van der Waals surface area contributed by atoms with Crippen LogP contribution in [0.2, 0.25) is 10.0 Å². The van der Waals surface area contributed by atoms with Crippen molar-refractivity contribution in [3.05, 3.63) is 58.1 Å². The van der Waals surface area contributed by atoms with Gasteiger partial charge in [0, 0.05) is 21.4 Å². The molecular weight excluding hydrogens is 323 g/mol. The maximum atomic E-state index is 11.9. The summed E-state index contributed by atoms with van der Waals surface area (Å²) in [6, 6.07) is 11.8. The second-order valence-electron chi connectivity index (χ2n) is 4.74. The van der Waals surface area contributed by atoms with Crippen LogP contribution in [-0.2, 0) is 9.59 Å². The number of nitrogens with one attached hydrogen (secondary N) is 2. The minimum atomic E-state index is -0.397. The van der Waals surface area contributed by atoms with Gasteiger partial charge in [0.2, 0.25) is 11.8 Å². The van der Waals surface area contributed by atoms with E-state index in [4.69, 9.17) is 23.2 Å². The topological polar surface area (TPSA) is 58.2 Å². The van der Waals surface area contributed by atoms with Crippen LogP contribution in [0.5, 0.6) is 0 Å². The van der Waals surface area contributed by atoms with E-state index in [9.17, 15) is 9.59 Å². The fourth-order valence-electron chi connectivity index (χ4n) is 1.85. The molecule has 6 heteroatoms. The number of benzene rings is 2. The normalized spacial score (nSPS) is 10.1. The molecule has 22 heavy (non-hydrogen) atoms. The average Bonchev–Trinajstić information content (AvgIpc) is 2.44. The first-order chi connectivity index (χ1) is 10.4. The summed E-state index contributed by atoms with van der Waals surface area (Å²) in [4.78, 5) is 23.7. The molecule has 2 aromatic rings. The number of hydrogen-bond acceptors (Lipinski definition) is 2. The van der Waals surface area contributed by atoms with Gasteiger partial charge in [-0.05, 0) is 55.0 Å². The van der Waals surface area contributed by atoms with Gasteiger partial charge in [-0.15, -0.1) is 0 Å². The Balaban J connectivity index is 1.91. The van der Waals surface area contributed by atoms with Crippen LogP contribution < -0.4 is 10.6 Å². The van der Waals surface area contributed by atoms with Crippen LogP contribution in [0.3, 0.4) is 0 Å². The van der Waals surface area contributed by atoms with Crippen molar-refractivity contribution in [1.29, 1.82) is 0 Å². The molecule has 0 saturated heterocycles. The Labute approximate surface area is 138 Å². The maximum Gasteiger partial charge on any atom is 0.233 e. The Morgan fingerprint density at radius 1 is 0.909 bits per heavy atom. The third kappa shape index (κ3) is 4.76. The molecule has 0 saturated carbocycles. The molecule has 0 heterocycles. The van der Waals surface area contributed by atoms with Crippen molar-refractivity contribution >= 4 is 46.4 Å². The van der Waals surface area contributed by atoms with E-state index in [-0.39, 0.29) is 6.42 Å². The van der Waals surface area contributed by atoms with Crippen LogP contribution >= 0.6 is 23.2 Å². The monoisotopic (exact) mass is 336 g/mol. The number of halogens is 2. The molecule has 0 aliphatic heterocycles. The molecule has 114 valence electrons. The molecule has 0 unspecified atom stereocenters. The summed E-state index contributed by atoms with van der Waals surface area (Å²) < 4.78 is 0. The van der Waals surface area contributed by atoms with Gasteiger partial charge in [-0.3, -0.25) is 9.59 Å². The van der Waals surface area contributed by atoms with E-state index < -0.39 is 11.8 Å². The Morgan fingerprint density at radius 2 is 1.50 bits per heavy atom. The smallest absolute Gasteiger partial charge is 0.233 e. The fourth-order valence-corrected chi connectivity index (χ4v) is 2.20. The lowest BCUT2D eigenvalue weighted by atomic mass is 10.2. The predicted octanol–water partition coefficient (Wildman–Crippen LogP) is 4.27. The summed E-state index contributed by atoms with van der Waals surface area (Å²) in [5.41, 5.74) is 2.05. The van der Waals surface area contributed by atoms with Gasteiger partial charge in [0.1, 0.15) is 6.42 Å². The van der Waals surface area contributed by atoms with Gasteiger partial charge in [0.25, 0.3) is 0 Å². The molecule has 0 aromatic heterocycles. The molecule has 2 aromatic carbocycles. The summed E-state index contributed by atoms with van der Waals surface area (Å²) in [6.45, 7) is 1.83. The summed E-state index contributed by atoms with van der Waals surface area (Å²) in [5.74, 6) is -0.789. The molecule has 2 rings (SSSR count). The second-order valence-corrected chi connectivity index (χ2v) is 5.61. The van der Waals surface area contributed by atoms with Gasteiger partial charge in [0.05, 0.1) is 0 Å². The standard InChI is InChI=1S/C16H14Cl2N2O2/c1-10-8-12(18)4-7-14(10)20-16(22)9-15(21)19-13-5-2-11(17)3-6-13/h2-8H,9H2,1H3,(H,19,21)(H,20,22). The quantitative estimate of drug-likeness (QED) is 0.819. The number of hydrogen-bond donors (Lipinski definition) is 2. The van der Waals surface area contributed by atoms with Gasteiger partial charge in [-0.2, -0.15) is 0 Å². The molecule has 0 spiro atoms. The van der Waals surface area contributed by atoms with E-state index >= 15 is 0 Å². The lowest BCUT2D eigenvalue weighted by Crippen LogP contribution is -2.21. The van der Waals surface area contributed by atoms with Crippen LogP contribution in [0.25, 0.3) is 0 Å². The lowest BCUT2D eigenvalue weighted by molar-refractivity contribution is -0.123. The SMILES string of the molecule is Cc1cc(Cl)ccc1NC(=O)CC(=O)Nc1ccc(Cl)cc1. The van der Waals surface area contributed by atoms with E-state index in [0.29, 0.717) is 21.4 Å². The summed E-state index contributed by atoms with van der Waals surface area (Å²) >= 11 is 11.6. The first-order valence-electron chi connectivity index (χ1n) is 6.55. The molecule has 0 radical (unpaired) electrons. The minimum absolute atomic E-state index is 0.273. The number of carbonyl (C=O) groups excluding carboxylic acids is 2. The highest BCUT2D eigenvalue weighted by atomic mass is 35.5. The molecule has 0 aliphatic carbocycles. The zero-order valence-corrected chi connectivity index (χ0v) is 13.3. The van der Waals surface area contributed by atoms with Crippen LogP contribution in [0, 0.1) is 6.92 Å². The molecule has 2 amide bonds. The Bertz CT molecular complexity index is 700. The number of amides is 2. The Kier molecular flexibility index (Phi) is 5.41. The number of aryl methyl sites for hydroxylation is 1. The van der Waals surface area contributed by atoms with Gasteiger partial charge < -0.3 is 10.6 Å². The van der Waals surface area contributed by atoms with Crippen molar-refractivity contribution in [1.82, 2.24) is 0 Å². The fraction of sp³-hybridized carbons (Fsp3) is 0.125. The Morgan fingerprint density at radius 3 is 2.14 bits per heavy atom. The van der Waals surface area contributed by atoms with E-state index in [2.05, 4.69) is 10.6 Å². The van der Waals surface area contributed by atoms with Crippen molar-refractivity contribution in [3.8, 4) is 0 Å². The molecule has 4 nitrogen and oxygen atoms in total. The van der Waals surface area contributed by atoms with E-state index in [1.807, 2.05) is 6.92 Å². The zero-order chi connectivity index (χ0) is 16.1. The van der Waals surface area contributed by atoms with E-state index in [1.165, 1.54) is 0 Å². The lowest BCUT2D eigenvalue weighted by Gasteiger charge is -2.09. The van der Waals surface area contributed by atoms with Gasteiger partial charge in [-0.1, -0.05) is 23.2 Å². The highest BCUT2D eigenvalue weighted by Gasteiger charge is 2.11. The van der Waals surface area contributed by atoms with Crippen molar-refractivity contribution in [2.24, 2.45) is 0 Å². The first-order valence-corrected chi connectivity index (χ1v) is 7.31. The van der Waals surface area contributed by atoms with Gasteiger partial charge in [0.15, 0.2) is 0 Å². The zero-order valence-electron chi connectivity index (χ0n) is 11.8. The number of anilines is 2. The highest BCUT2D eigenvalue weighted by Crippen LogP contribution is 2.19. The predicted molar refractivity (Wildman–Crippen MR) is 89.5 cm³/mol. The molecule has 2 N–H and O–H groups in total. The molecule has 0 fully saturated rings. The van der Waals surface area contributed by atoms with Crippen molar-refractivity contribution < 1.29 is 9.59 Å². The third-order valence-corrected chi connectivity index (χ3v) is 3.40. The van der Waals surface area contributed by atoms with Crippen LogP contribution in [0.4, 0.5) is 11.4 Å². The first kappa shape index (κ1) is 16.3. The maximum absolute atomic E-state index is 11.9.